The SMILES string of the molecule is Cc1cc(C)n(C[C@H]2CCCCN2Cc2nc(C)c(C)o2)n1. The Balaban J connectivity index is 1.72. The predicted octanol–water partition coefficient (Wildman–Crippen LogP) is 3.16. The minimum atomic E-state index is 0.513. The van der Waals surface area contributed by atoms with E-state index < -0.39 is 0 Å². The van der Waals surface area contributed by atoms with Crippen molar-refractivity contribution < 1.29 is 4.42 Å². The van der Waals surface area contributed by atoms with Crippen LogP contribution >= 0.6 is 0 Å². The Bertz CT molecular complexity index is 624. The number of hydrogen-bond acceptors (Lipinski definition) is 4. The molecule has 0 unspecified atom stereocenters. The number of nitrogens with zero attached hydrogens (tertiary/aromatic N) is 4. The van der Waals surface area contributed by atoms with E-state index >= 15 is 0 Å². The first-order chi connectivity index (χ1) is 10.5. The molecule has 120 valence electrons. The highest BCUT2D eigenvalue weighted by Crippen LogP contribution is 2.22. The van der Waals surface area contributed by atoms with Crippen LogP contribution in [0.1, 0.15) is 48.0 Å². The Hall–Kier alpha value is -1.62. The summed E-state index contributed by atoms with van der Waals surface area (Å²) < 4.78 is 7.91. The van der Waals surface area contributed by atoms with Gasteiger partial charge in [-0.2, -0.15) is 5.10 Å². The van der Waals surface area contributed by atoms with Gasteiger partial charge in [-0.15, -0.1) is 0 Å². The normalized spacial score (nSPS) is 19.7. The summed E-state index contributed by atoms with van der Waals surface area (Å²) in [5.74, 6) is 1.78. The molecule has 1 saturated heterocycles. The Morgan fingerprint density at radius 1 is 1.23 bits per heavy atom. The second kappa shape index (κ2) is 6.24. The number of likely N-dealkylation sites (tertiary alicyclic amines) is 1. The van der Waals surface area contributed by atoms with Crippen LogP contribution in [-0.2, 0) is 13.1 Å². The second-order valence-corrected chi connectivity index (χ2v) is 6.48. The first kappa shape index (κ1) is 15.3. The predicted molar refractivity (Wildman–Crippen MR) is 85.7 cm³/mol. The Labute approximate surface area is 132 Å². The Kier molecular flexibility index (Phi) is 4.34. The summed E-state index contributed by atoms with van der Waals surface area (Å²) >= 11 is 0. The van der Waals surface area contributed by atoms with Crippen molar-refractivity contribution in [3.8, 4) is 0 Å². The number of aromatic nitrogens is 3. The summed E-state index contributed by atoms with van der Waals surface area (Å²) in [4.78, 5) is 7.04. The molecule has 5 nitrogen and oxygen atoms in total. The van der Waals surface area contributed by atoms with Crippen molar-refractivity contribution in [1.82, 2.24) is 19.7 Å². The number of oxazole rings is 1. The quantitative estimate of drug-likeness (QED) is 0.870. The smallest absolute Gasteiger partial charge is 0.208 e. The Morgan fingerprint density at radius 2 is 2.05 bits per heavy atom. The van der Waals surface area contributed by atoms with Gasteiger partial charge in [0, 0.05) is 11.7 Å². The van der Waals surface area contributed by atoms with Gasteiger partial charge >= 0.3 is 0 Å². The van der Waals surface area contributed by atoms with Crippen LogP contribution in [0.15, 0.2) is 10.5 Å². The zero-order valence-electron chi connectivity index (χ0n) is 14.1. The highest BCUT2D eigenvalue weighted by atomic mass is 16.4. The maximum Gasteiger partial charge on any atom is 0.208 e. The standard InChI is InChI=1S/C17H26N4O/c1-12-9-13(2)21(19-12)10-16-7-5-6-8-20(16)11-17-18-14(3)15(4)22-17/h9,16H,5-8,10-11H2,1-4H3/t16-/m1/s1. The van der Waals surface area contributed by atoms with Crippen LogP contribution < -0.4 is 0 Å². The van der Waals surface area contributed by atoms with Crippen LogP contribution in [0.3, 0.4) is 0 Å². The van der Waals surface area contributed by atoms with Crippen molar-refractivity contribution in [3.63, 3.8) is 0 Å². The van der Waals surface area contributed by atoms with E-state index in [-0.39, 0.29) is 0 Å². The van der Waals surface area contributed by atoms with Gasteiger partial charge in [0.05, 0.1) is 24.5 Å². The molecule has 0 saturated carbocycles. The van der Waals surface area contributed by atoms with Crippen molar-refractivity contribution in [2.45, 2.75) is 66.1 Å². The molecule has 1 atom stereocenters. The van der Waals surface area contributed by atoms with Crippen LogP contribution in [-0.4, -0.2) is 32.3 Å². The molecule has 0 radical (unpaired) electrons. The minimum absolute atomic E-state index is 0.513. The van der Waals surface area contributed by atoms with Gasteiger partial charge in [0.25, 0.3) is 0 Å². The van der Waals surface area contributed by atoms with Gasteiger partial charge in [0.1, 0.15) is 5.76 Å². The molecule has 3 heterocycles. The van der Waals surface area contributed by atoms with Crippen LogP contribution in [0.5, 0.6) is 0 Å². The second-order valence-electron chi connectivity index (χ2n) is 6.48. The summed E-state index contributed by atoms with van der Waals surface area (Å²) in [7, 11) is 0. The van der Waals surface area contributed by atoms with Crippen molar-refractivity contribution in [2.24, 2.45) is 0 Å². The Morgan fingerprint density at radius 3 is 2.68 bits per heavy atom. The molecule has 1 aliphatic rings. The lowest BCUT2D eigenvalue weighted by Crippen LogP contribution is -2.42. The molecule has 2 aromatic heterocycles. The molecular formula is C17H26N4O. The average molecular weight is 302 g/mol. The van der Waals surface area contributed by atoms with Gasteiger partial charge in [-0.05, 0) is 53.1 Å². The third kappa shape index (κ3) is 3.24. The van der Waals surface area contributed by atoms with Gasteiger partial charge in [-0.3, -0.25) is 9.58 Å². The molecule has 0 N–H and O–H groups in total. The molecule has 1 fully saturated rings. The summed E-state index contributed by atoms with van der Waals surface area (Å²) in [6.45, 7) is 11.1. The third-order valence-corrected chi connectivity index (χ3v) is 4.65. The molecule has 3 rings (SSSR count). The van der Waals surface area contributed by atoms with E-state index in [0.29, 0.717) is 6.04 Å². The highest BCUT2D eigenvalue weighted by Gasteiger charge is 2.25. The lowest BCUT2D eigenvalue weighted by atomic mass is 10.0. The van der Waals surface area contributed by atoms with Gasteiger partial charge in [-0.1, -0.05) is 6.42 Å². The number of rotatable bonds is 4. The van der Waals surface area contributed by atoms with Gasteiger partial charge in [-0.25, -0.2) is 4.98 Å². The van der Waals surface area contributed by atoms with Gasteiger partial charge in [0.2, 0.25) is 5.89 Å². The topological polar surface area (TPSA) is 47.1 Å². The zero-order chi connectivity index (χ0) is 15.7. The third-order valence-electron chi connectivity index (χ3n) is 4.65. The van der Waals surface area contributed by atoms with Crippen LogP contribution in [0.25, 0.3) is 0 Å². The maximum atomic E-state index is 5.77. The van der Waals surface area contributed by atoms with E-state index in [1.54, 1.807) is 0 Å². The molecule has 22 heavy (non-hydrogen) atoms. The van der Waals surface area contributed by atoms with Crippen molar-refractivity contribution in [3.05, 3.63) is 34.8 Å². The lowest BCUT2D eigenvalue weighted by Gasteiger charge is -2.35. The molecule has 2 aromatic rings. The van der Waals surface area contributed by atoms with Crippen molar-refractivity contribution in [2.75, 3.05) is 6.54 Å². The van der Waals surface area contributed by atoms with Crippen LogP contribution in [0, 0.1) is 27.7 Å². The summed E-state index contributed by atoms with van der Waals surface area (Å²) in [5.41, 5.74) is 3.34. The fourth-order valence-electron chi connectivity index (χ4n) is 3.31. The molecule has 1 aliphatic heterocycles. The number of aryl methyl sites for hydroxylation is 4. The average Bonchev–Trinajstić information content (AvgIpc) is 2.94. The van der Waals surface area contributed by atoms with E-state index in [2.05, 4.69) is 39.6 Å². The van der Waals surface area contributed by atoms with Crippen LogP contribution in [0.4, 0.5) is 0 Å². The first-order valence-electron chi connectivity index (χ1n) is 8.21. The monoisotopic (exact) mass is 302 g/mol. The fourth-order valence-corrected chi connectivity index (χ4v) is 3.31. The maximum absolute atomic E-state index is 5.77. The zero-order valence-corrected chi connectivity index (χ0v) is 14.1. The minimum Gasteiger partial charge on any atom is -0.444 e. The summed E-state index contributed by atoms with van der Waals surface area (Å²) in [6, 6.07) is 2.66. The van der Waals surface area contributed by atoms with Crippen LogP contribution in [0.2, 0.25) is 0 Å². The summed E-state index contributed by atoms with van der Waals surface area (Å²) in [5, 5.41) is 4.61. The highest BCUT2D eigenvalue weighted by molar-refractivity contribution is 5.07. The summed E-state index contributed by atoms with van der Waals surface area (Å²) in [6.07, 6.45) is 3.77. The largest absolute Gasteiger partial charge is 0.444 e. The van der Waals surface area contributed by atoms with Gasteiger partial charge in [0.15, 0.2) is 0 Å². The molecule has 5 heteroatoms. The van der Waals surface area contributed by atoms with E-state index in [4.69, 9.17) is 4.42 Å². The molecule has 0 aromatic carbocycles. The first-order valence-corrected chi connectivity index (χ1v) is 8.21. The number of hydrogen-bond donors (Lipinski definition) is 0. The molecule has 0 aliphatic carbocycles. The number of piperidine rings is 1. The molecular weight excluding hydrogens is 276 g/mol. The van der Waals surface area contributed by atoms with Crippen molar-refractivity contribution in [1.29, 1.82) is 0 Å². The molecule has 0 amide bonds. The van der Waals surface area contributed by atoms with E-state index in [1.807, 2.05) is 13.8 Å². The van der Waals surface area contributed by atoms with E-state index in [1.165, 1.54) is 25.0 Å². The van der Waals surface area contributed by atoms with E-state index in [9.17, 15) is 0 Å². The molecule has 0 spiro atoms. The molecule has 0 bridgehead atoms. The van der Waals surface area contributed by atoms with E-state index in [0.717, 1.165) is 42.7 Å². The van der Waals surface area contributed by atoms with Crippen molar-refractivity contribution >= 4 is 0 Å². The van der Waals surface area contributed by atoms with Gasteiger partial charge < -0.3 is 4.42 Å². The lowest BCUT2D eigenvalue weighted by molar-refractivity contribution is 0.110. The fraction of sp³-hybridized carbons (Fsp3) is 0.647.